The summed E-state index contributed by atoms with van der Waals surface area (Å²) >= 11 is 0. The predicted molar refractivity (Wildman–Crippen MR) is 104 cm³/mol. The van der Waals surface area contributed by atoms with Crippen LogP contribution in [0, 0.1) is 11.3 Å². The van der Waals surface area contributed by atoms with E-state index in [1.54, 1.807) is 36.5 Å². The van der Waals surface area contributed by atoms with Crippen molar-refractivity contribution in [2.45, 2.75) is 31.7 Å². The highest BCUT2D eigenvalue weighted by atomic mass is 16.3. The number of benzene rings is 2. The SMILES string of the molecule is N#C/C(=C/N1CCCCC1CCO)C(=O)Nc1cccc2c(O)cccc12. The molecule has 140 valence electrons. The molecule has 1 saturated heterocycles. The number of phenolic OH excluding ortho intramolecular Hbond substituents is 1. The molecule has 3 rings (SSSR count). The third-order valence-corrected chi connectivity index (χ3v) is 4.94. The Bertz CT molecular complexity index is 899. The summed E-state index contributed by atoms with van der Waals surface area (Å²) in [6.07, 6.45) is 5.26. The number of hydrogen-bond acceptors (Lipinski definition) is 5. The van der Waals surface area contributed by atoms with Gasteiger partial charge in [0.2, 0.25) is 0 Å². The maximum atomic E-state index is 12.7. The molecule has 2 aromatic carbocycles. The minimum absolute atomic E-state index is 0.0250. The van der Waals surface area contributed by atoms with Crippen molar-refractivity contribution < 1.29 is 15.0 Å². The molecule has 1 unspecified atom stereocenters. The molecule has 0 bridgehead atoms. The molecule has 0 spiro atoms. The molecule has 2 aromatic rings. The number of carbonyl (C=O) groups excluding carboxylic acids is 1. The van der Waals surface area contributed by atoms with Crippen molar-refractivity contribution in [3.8, 4) is 11.8 Å². The van der Waals surface area contributed by atoms with Gasteiger partial charge in [0.15, 0.2) is 0 Å². The van der Waals surface area contributed by atoms with Gasteiger partial charge in [0.25, 0.3) is 5.91 Å². The number of carbonyl (C=O) groups is 1. The number of aromatic hydroxyl groups is 1. The lowest BCUT2D eigenvalue weighted by Gasteiger charge is -2.34. The third kappa shape index (κ3) is 4.21. The summed E-state index contributed by atoms with van der Waals surface area (Å²) in [5.74, 6) is -0.346. The molecule has 1 heterocycles. The van der Waals surface area contributed by atoms with Crippen LogP contribution in [0.3, 0.4) is 0 Å². The van der Waals surface area contributed by atoms with E-state index in [-0.39, 0.29) is 24.0 Å². The molecule has 0 saturated carbocycles. The molecule has 6 nitrogen and oxygen atoms in total. The van der Waals surface area contributed by atoms with E-state index in [1.165, 1.54) is 0 Å². The fourth-order valence-corrected chi connectivity index (χ4v) is 3.55. The fourth-order valence-electron chi connectivity index (χ4n) is 3.55. The van der Waals surface area contributed by atoms with Crippen LogP contribution in [0.4, 0.5) is 5.69 Å². The molecule has 0 radical (unpaired) electrons. The van der Waals surface area contributed by atoms with Gasteiger partial charge in [-0.3, -0.25) is 4.79 Å². The molecular formula is C21H23N3O3. The Labute approximate surface area is 158 Å². The summed E-state index contributed by atoms with van der Waals surface area (Å²) < 4.78 is 0. The van der Waals surface area contributed by atoms with Crippen molar-refractivity contribution in [2.75, 3.05) is 18.5 Å². The Hall–Kier alpha value is -3.04. The monoisotopic (exact) mass is 365 g/mol. The number of aliphatic hydroxyl groups excluding tert-OH is 1. The maximum absolute atomic E-state index is 12.7. The number of nitriles is 1. The van der Waals surface area contributed by atoms with Crippen LogP contribution in [-0.2, 0) is 4.79 Å². The zero-order chi connectivity index (χ0) is 19.2. The van der Waals surface area contributed by atoms with Crippen LogP contribution in [0.1, 0.15) is 25.7 Å². The van der Waals surface area contributed by atoms with Gasteiger partial charge in [0.1, 0.15) is 17.4 Å². The lowest BCUT2D eigenvalue weighted by atomic mass is 10.00. The van der Waals surface area contributed by atoms with Gasteiger partial charge in [0, 0.05) is 41.9 Å². The number of hydrogen-bond donors (Lipinski definition) is 3. The smallest absolute Gasteiger partial charge is 0.267 e. The van der Waals surface area contributed by atoms with Crippen LogP contribution in [0.15, 0.2) is 48.2 Å². The van der Waals surface area contributed by atoms with E-state index in [1.807, 2.05) is 17.0 Å². The van der Waals surface area contributed by atoms with Crippen molar-refractivity contribution in [2.24, 2.45) is 0 Å². The third-order valence-electron chi connectivity index (χ3n) is 4.94. The minimum atomic E-state index is -0.485. The quantitative estimate of drug-likeness (QED) is 0.559. The Morgan fingerprint density at radius 2 is 2.04 bits per heavy atom. The largest absolute Gasteiger partial charge is 0.507 e. The van der Waals surface area contributed by atoms with Gasteiger partial charge in [-0.15, -0.1) is 0 Å². The number of fused-ring (bicyclic) bond motifs is 1. The first-order chi connectivity index (χ1) is 13.1. The van der Waals surface area contributed by atoms with E-state index in [0.29, 0.717) is 22.9 Å². The molecule has 3 N–H and O–H groups in total. The first kappa shape index (κ1) is 18.7. The summed E-state index contributed by atoms with van der Waals surface area (Å²) in [6.45, 7) is 0.855. The number of likely N-dealkylation sites (tertiary alicyclic amines) is 1. The molecule has 0 aromatic heterocycles. The minimum Gasteiger partial charge on any atom is -0.507 e. The van der Waals surface area contributed by atoms with Gasteiger partial charge in [-0.2, -0.15) is 5.26 Å². The van der Waals surface area contributed by atoms with E-state index >= 15 is 0 Å². The number of aliphatic hydroxyl groups is 1. The Morgan fingerprint density at radius 3 is 2.81 bits per heavy atom. The highest BCUT2D eigenvalue weighted by Gasteiger charge is 2.21. The second-order valence-corrected chi connectivity index (χ2v) is 6.69. The zero-order valence-electron chi connectivity index (χ0n) is 15.1. The summed E-state index contributed by atoms with van der Waals surface area (Å²) in [4.78, 5) is 14.7. The van der Waals surface area contributed by atoms with Gasteiger partial charge in [-0.1, -0.05) is 24.3 Å². The van der Waals surface area contributed by atoms with Crippen LogP contribution in [0.2, 0.25) is 0 Å². The molecular weight excluding hydrogens is 342 g/mol. The topological polar surface area (TPSA) is 96.6 Å². The van der Waals surface area contributed by atoms with Gasteiger partial charge in [-0.05, 0) is 37.8 Å². The number of amides is 1. The van der Waals surface area contributed by atoms with Crippen molar-refractivity contribution in [3.63, 3.8) is 0 Å². The number of nitrogens with one attached hydrogen (secondary N) is 1. The molecule has 6 heteroatoms. The van der Waals surface area contributed by atoms with E-state index in [4.69, 9.17) is 0 Å². The second kappa shape index (κ2) is 8.56. The Balaban J connectivity index is 1.84. The number of piperidine rings is 1. The molecule has 1 amide bonds. The van der Waals surface area contributed by atoms with Crippen LogP contribution < -0.4 is 5.32 Å². The van der Waals surface area contributed by atoms with Crippen LogP contribution in [0.5, 0.6) is 5.75 Å². The predicted octanol–water partition coefficient (Wildman–Crippen LogP) is 3.13. The number of rotatable bonds is 5. The van der Waals surface area contributed by atoms with E-state index in [0.717, 1.165) is 25.8 Å². The van der Waals surface area contributed by atoms with Crippen molar-refractivity contribution in [1.82, 2.24) is 4.90 Å². The number of anilines is 1. The Kier molecular flexibility index (Phi) is 5.94. The molecule has 1 atom stereocenters. The molecule has 1 aliphatic rings. The summed E-state index contributed by atoms with van der Waals surface area (Å²) in [5.41, 5.74) is 0.567. The van der Waals surface area contributed by atoms with Gasteiger partial charge in [-0.25, -0.2) is 0 Å². The number of phenols is 1. The number of nitrogens with zero attached hydrogens (tertiary/aromatic N) is 2. The maximum Gasteiger partial charge on any atom is 0.267 e. The highest BCUT2D eigenvalue weighted by Crippen LogP contribution is 2.30. The average Bonchev–Trinajstić information content (AvgIpc) is 2.68. The molecule has 0 aliphatic carbocycles. The lowest BCUT2D eigenvalue weighted by Crippen LogP contribution is -2.37. The molecule has 27 heavy (non-hydrogen) atoms. The van der Waals surface area contributed by atoms with E-state index in [2.05, 4.69) is 5.32 Å². The van der Waals surface area contributed by atoms with Crippen LogP contribution in [0.25, 0.3) is 10.8 Å². The molecule has 1 fully saturated rings. The lowest BCUT2D eigenvalue weighted by molar-refractivity contribution is -0.112. The van der Waals surface area contributed by atoms with Gasteiger partial charge in [0.05, 0.1) is 0 Å². The fraction of sp³-hybridized carbons (Fsp3) is 0.333. The summed E-state index contributed by atoms with van der Waals surface area (Å²) in [5, 5.41) is 32.8. The normalized spacial score (nSPS) is 17.6. The van der Waals surface area contributed by atoms with Crippen molar-refractivity contribution >= 4 is 22.4 Å². The van der Waals surface area contributed by atoms with E-state index in [9.17, 15) is 20.3 Å². The van der Waals surface area contributed by atoms with Gasteiger partial charge < -0.3 is 20.4 Å². The molecule has 1 aliphatic heterocycles. The average molecular weight is 365 g/mol. The summed E-state index contributed by atoms with van der Waals surface area (Å²) in [6, 6.07) is 12.5. The first-order valence-electron chi connectivity index (χ1n) is 9.14. The van der Waals surface area contributed by atoms with Crippen molar-refractivity contribution in [1.29, 1.82) is 5.26 Å². The van der Waals surface area contributed by atoms with E-state index < -0.39 is 5.91 Å². The highest BCUT2D eigenvalue weighted by molar-refractivity contribution is 6.11. The van der Waals surface area contributed by atoms with Crippen molar-refractivity contribution in [3.05, 3.63) is 48.2 Å². The first-order valence-corrected chi connectivity index (χ1v) is 9.14. The second-order valence-electron chi connectivity index (χ2n) is 6.69. The zero-order valence-corrected chi connectivity index (χ0v) is 15.1. The standard InChI is InChI=1S/C21H23N3O3/c22-13-15(14-24-11-2-1-5-16(24)10-12-25)21(27)23-19-8-3-7-18-17(19)6-4-9-20(18)26/h3-4,6-9,14,16,25-26H,1-2,5,10-12H2,(H,23,27)/b15-14-. The van der Waals surface area contributed by atoms with Crippen LogP contribution >= 0.6 is 0 Å². The van der Waals surface area contributed by atoms with Crippen LogP contribution in [-0.4, -0.2) is 40.2 Å². The Morgan fingerprint density at radius 1 is 1.26 bits per heavy atom. The van der Waals surface area contributed by atoms with Gasteiger partial charge >= 0.3 is 0 Å². The summed E-state index contributed by atoms with van der Waals surface area (Å²) in [7, 11) is 0.